The molecule has 0 unspecified atom stereocenters. The normalized spacial score (nSPS) is 14.0. The number of phenols is 1. The molecule has 0 saturated heterocycles. The number of nitrogens with two attached hydrogens (primary N) is 1. The van der Waals surface area contributed by atoms with Crippen LogP contribution in [0.1, 0.15) is 93.1 Å². The van der Waals surface area contributed by atoms with Crippen LogP contribution in [0.5, 0.6) is 5.75 Å². The number of benzene rings is 3. The Morgan fingerprint density at radius 1 is 0.679 bits per heavy atom. The fourth-order valence-corrected chi connectivity index (χ4v) is 8.30. The zero-order valence-electron chi connectivity index (χ0n) is 44.5. The third-order valence-electron chi connectivity index (χ3n) is 12.6. The summed E-state index contributed by atoms with van der Waals surface area (Å²) in [4.78, 5) is 160. The first-order chi connectivity index (χ1) is 38.2. The van der Waals surface area contributed by atoms with Crippen LogP contribution < -0.4 is 53.7 Å². The molecule has 2 heterocycles. The number of aromatic amines is 1. The van der Waals surface area contributed by atoms with Crippen molar-refractivity contribution in [2.24, 2.45) is 5.73 Å². The van der Waals surface area contributed by atoms with Gasteiger partial charge in [0.25, 0.3) is 5.91 Å². The van der Waals surface area contributed by atoms with Gasteiger partial charge in [-0.1, -0.05) is 0 Å². The minimum Gasteiger partial charge on any atom is -0.508 e. The number of unbranched alkanes of at least 4 members (excludes halogenated alkanes) is 1. The fraction of sp³-hybridized carbons (Fsp3) is 0.377. The molecule has 2 aliphatic rings. The molecular formula is C53H63N11O17. The number of H-pyrrole nitrogens is 1. The van der Waals surface area contributed by atoms with Gasteiger partial charge in [-0.15, -0.1) is 0 Å². The molecule has 0 radical (unpaired) electrons. The number of hydrogen-bond acceptors (Lipinski definition) is 16. The molecule has 0 fully saturated rings. The lowest BCUT2D eigenvalue weighted by atomic mass is 9.89. The van der Waals surface area contributed by atoms with E-state index in [1.165, 1.54) is 94.8 Å². The van der Waals surface area contributed by atoms with E-state index < -0.39 is 120 Å². The van der Waals surface area contributed by atoms with Gasteiger partial charge in [0.15, 0.2) is 5.43 Å². The smallest absolute Gasteiger partial charge is 0.336 e. The maximum atomic E-state index is 13.5. The molecule has 9 amide bonds. The largest absolute Gasteiger partial charge is 0.508 e. The lowest BCUT2D eigenvalue weighted by Crippen LogP contribution is -2.61. The van der Waals surface area contributed by atoms with Crippen molar-refractivity contribution in [2.75, 3.05) is 6.54 Å². The van der Waals surface area contributed by atoms with Gasteiger partial charge in [-0.2, -0.15) is 0 Å². The molecule has 28 heteroatoms. The maximum Gasteiger partial charge on any atom is 0.336 e. The van der Waals surface area contributed by atoms with E-state index >= 15 is 0 Å². The highest BCUT2D eigenvalue weighted by molar-refractivity contribution is 6.09. The minimum atomic E-state index is -1.72. The number of imidazole rings is 1. The molecule has 1 aliphatic carbocycles. The topological polar surface area (TPSA) is 450 Å². The third-order valence-corrected chi connectivity index (χ3v) is 12.6. The number of carbonyl (C=O) groups is 11. The molecule has 5 rings (SSSR count). The number of carboxylic acids is 2. The summed E-state index contributed by atoms with van der Waals surface area (Å²) >= 11 is 0. The SMILES string of the molecule is CC(=O)N[C@H](CCCCNC(=O)c1ccc(C(=O)O)c(-c2c3ccc(=O)cc-3oc3cc(O)ccc23)c1)C(=O)N[C@H](C)C(=O)N[C@H](C)C(=O)N[C@H](C)C(=O)N[C@@H](C(=O)N[C@H](Cc1c[nH]cn1)C(=O)N[C@H](CCC(=O)O)C(N)=O)[C@H](C)O. The number of fused-ring (bicyclic) bond motifs is 2. The molecular weight excluding hydrogens is 1060 g/mol. The van der Waals surface area contributed by atoms with Gasteiger partial charge < -0.3 is 78.1 Å². The van der Waals surface area contributed by atoms with Gasteiger partial charge in [0, 0.05) is 66.7 Å². The second-order valence-electron chi connectivity index (χ2n) is 19.0. The first-order valence-electron chi connectivity index (χ1n) is 25.4. The standard InChI is InChI=1S/C53H63N11O17/c1-24(46(72)59-26(3)48(74)64-44(27(4)65)52(78)63-39(19-30-22-55-23-57-30)51(77)62-37(45(54)71)15-16-42(69)70)58-47(73)25(2)60-50(76)38(61-28(5)66)8-6-7-17-56-49(75)29-9-12-33(53(79)80)36(18-29)43-34-13-10-31(67)20-40(34)81-41-21-32(68)11-14-35(41)43/h9-14,18,20-27,37-39,44,65,67H,6-8,15-17,19H2,1-5H3,(H2,54,71)(H,55,57)(H,56,75)(H,58,73)(H,59,72)(H,60,76)(H,61,66)(H,62,77)(H,63,78)(H,64,74)(H,69,70)(H,79,80)/t24-,25-,26-,27+,37-,38-,39-,44-/m1/s1. The maximum absolute atomic E-state index is 13.5. The number of nitrogens with one attached hydrogen (secondary N) is 9. The second kappa shape index (κ2) is 28.2. The van der Waals surface area contributed by atoms with Gasteiger partial charge in [0.2, 0.25) is 47.3 Å². The fourth-order valence-electron chi connectivity index (χ4n) is 8.30. The number of carboxylic acid groups (broad SMARTS) is 2. The number of nitrogens with zero attached hydrogens (tertiary/aromatic N) is 1. The van der Waals surface area contributed by atoms with E-state index in [4.69, 9.17) is 15.3 Å². The van der Waals surface area contributed by atoms with Crippen LogP contribution in [0.4, 0.5) is 0 Å². The van der Waals surface area contributed by atoms with Crippen molar-refractivity contribution in [3.05, 3.63) is 94.2 Å². The first kappa shape index (κ1) is 62.1. The number of aliphatic hydroxyl groups is 1. The predicted molar refractivity (Wildman–Crippen MR) is 286 cm³/mol. The van der Waals surface area contributed by atoms with Crippen LogP contribution in [-0.2, 0) is 49.6 Å². The van der Waals surface area contributed by atoms with Crippen molar-refractivity contribution in [2.45, 2.75) is 122 Å². The Kier molecular flexibility index (Phi) is 21.7. The highest BCUT2D eigenvalue weighted by atomic mass is 16.4. The van der Waals surface area contributed by atoms with Crippen molar-refractivity contribution in [1.82, 2.24) is 52.5 Å². The Morgan fingerprint density at radius 2 is 1.31 bits per heavy atom. The minimum absolute atomic E-state index is 0.0534. The monoisotopic (exact) mass is 1130 g/mol. The summed E-state index contributed by atoms with van der Waals surface area (Å²) in [6, 6.07) is 2.45. The molecule has 3 aromatic rings. The number of hydrogen-bond donors (Lipinski definition) is 14. The van der Waals surface area contributed by atoms with Crippen LogP contribution in [0.15, 0.2) is 76.3 Å². The molecule has 1 aromatic heterocycles. The molecule has 432 valence electrons. The Morgan fingerprint density at radius 3 is 1.90 bits per heavy atom. The Labute approximate surface area is 461 Å². The predicted octanol–water partition coefficient (Wildman–Crippen LogP) is -0.961. The van der Waals surface area contributed by atoms with Gasteiger partial charge in [0.1, 0.15) is 59.4 Å². The van der Waals surface area contributed by atoms with Crippen LogP contribution in [0, 0.1) is 0 Å². The Balaban J connectivity index is 1.12. The van der Waals surface area contributed by atoms with Crippen LogP contribution in [0.2, 0.25) is 0 Å². The summed E-state index contributed by atoms with van der Waals surface area (Å²) in [6.45, 7) is 6.24. The van der Waals surface area contributed by atoms with Crippen LogP contribution in [-0.4, -0.2) is 150 Å². The highest BCUT2D eigenvalue weighted by Gasteiger charge is 2.34. The van der Waals surface area contributed by atoms with E-state index in [2.05, 4.69) is 52.5 Å². The lowest BCUT2D eigenvalue weighted by molar-refractivity contribution is -0.138. The number of aliphatic hydroxyl groups excluding tert-OH is 1. The summed E-state index contributed by atoms with van der Waals surface area (Å²) in [5, 5.41) is 59.8. The number of rotatable bonds is 28. The van der Waals surface area contributed by atoms with Crippen molar-refractivity contribution >= 4 is 76.1 Å². The average Bonchev–Trinajstić information content (AvgIpc) is 4.09. The molecule has 28 nitrogen and oxygen atoms in total. The Hall–Kier alpha value is -9.73. The van der Waals surface area contributed by atoms with Gasteiger partial charge in [0.05, 0.1) is 23.7 Å². The Bertz CT molecular complexity index is 3220. The van der Waals surface area contributed by atoms with E-state index in [-0.39, 0.29) is 77.1 Å². The molecule has 1 aliphatic heterocycles. The number of carbonyl (C=O) groups excluding carboxylic acids is 9. The molecule has 15 N–H and O–H groups in total. The number of aromatic hydroxyl groups is 1. The molecule has 0 saturated carbocycles. The highest BCUT2D eigenvalue weighted by Crippen LogP contribution is 2.42. The number of amides is 9. The number of aliphatic carboxylic acids is 1. The summed E-state index contributed by atoms with van der Waals surface area (Å²) in [5.41, 5.74) is 6.19. The molecule has 8 atom stereocenters. The number of phenolic OH excluding ortho intramolecular Hbond substituents is 1. The molecule has 81 heavy (non-hydrogen) atoms. The van der Waals surface area contributed by atoms with Crippen molar-refractivity contribution in [3.8, 4) is 28.2 Å². The summed E-state index contributed by atoms with van der Waals surface area (Å²) in [7, 11) is 0. The summed E-state index contributed by atoms with van der Waals surface area (Å²) in [6.07, 6.45) is 0.587. The average molecular weight is 1130 g/mol. The van der Waals surface area contributed by atoms with Gasteiger partial charge >= 0.3 is 11.9 Å². The van der Waals surface area contributed by atoms with E-state index in [1.54, 1.807) is 0 Å². The number of aromatic carboxylic acids is 1. The molecule has 2 aromatic carbocycles. The zero-order chi connectivity index (χ0) is 59.8. The number of primary amides is 1. The van der Waals surface area contributed by atoms with E-state index in [9.17, 15) is 72.9 Å². The van der Waals surface area contributed by atoms with Crippen LogP contribution in [0.25, 0.3) is 33.4 Å². The van der Waals surface area contributed by atoms with E-state index in [0.717, 1.165) is 6.92 Å². The third kappa shape index (κ3) is 17.4. The quantitative estimate of drug-likeness (QED) is 0.0212. The van der Waals surface area contributed by atoms with Gasteiger partial charge in [-0.05, 0) is 101 Å². The number of aromatic nitrogens is 2. The van der Waals surface area contributed by atoms with Crippen molar-refractivity contribution < 1.29 is 77.6 Å². The van der Waals surface area contributed by atoms with Gasteiger partial charge in [-0.25, -0.2) is 9.78 Å². The second-order valence-corrected chi connectivity index (χ2v) is 19.0. The first-order valence-corrected chi connectivity index (χ1v) is 25.4. The zero-order valence-corrected chi connectivity index (χ0v) is 44.5. The summed E-state index contributed by atoms with van der Waals surface area (Å²) in [5.74, 6) is -10.3. The van der Waals surface area contributed by atoms with Crippen LogP contribution in [0.3, 0.4) is 0 Å². The van der Waals surface area contributed by atoms with E-state index in [1.807, 2.05) is 0 Å². The van der Waals surface area contributed by atoms with E-state index in [0.29, 0.717) is 22.9 Å². The van der Waals surface area contributed by atoms with Gasteiger partial charge in [-0.3, -0.25) is 52.7 Å². The lowest BCUT2D eigenvalue weighted by Gasteiger charge is -2.27. The van der Waals surface area contributed by atoms with Crippen molar-refractivity contribution in [1.29, 1.82) is 0 Å². The summed E-state index contributed by atoms with van der Waals surface area (Å²) < 4.78 is 5.88. The van der Waals surface area contributed by atoms with Crippen molar-refractivity contribution in [3.63, 3.8) is 0 Å². The molecule has 0 bridgehead atoms. The van der Waals surface area contributed by atoms with Crippen LogP contribution >= 0.6 is 0 Å². The molecule has 0 spiro atoms.